The first-order valence-corrected chi connectivity index (χ1v) is 12.5. The summed E-state index contributed by atoms with van der Waals surface area (Å²) in [5, 5.41) is 10.9. The van der Waals surface area contributed by atoms with E-state index in [0.717, 1.165) is 29.7 Å². The van der Waals surface area contributed by atoms with Crippen molar-refractivity contribution in [2.75, 3.05) is 23.8 Å². The van der Waals surface area contributed by atoms with Gasteiger partial charge in [0.05, 0.1) is 17.6 Å². The maximum Gasteiger partial charge on any atom is 0.330 e. The molecule has 0 unspecified atom stereocenters. The first kappa shape index (κ1) is 24.3. The van der Waals surface area contributed by atoms with Crippen molar-refractivity contribution in [3.8, 4) is 0 Å². The van der Waals surface area contributed by atoms with Crippen LogP contribution in [0.3, 0.4) is 0 Å². The fourth-order valence-corrected chi connectivity index (χ4v) is 7.03. The minimum Gasteiger partial charge on any atom is -0.455 e. The molecule has 1 aromatic carbocycles. The van der Waals surface area contributed by atoms with Crippen LogP contribution in [0.5, 0.6) is 0 Å². The lowest BCUT2D eigenvalue weighted by Crippen LogP contribution is -2.58. The Hall–Kier alpha value is -3.40. The standard InChI is InChI=1S/C26H32N4O6/c1-2-29(20-21(27)30(24(34)28-22(20)32)13-16-6-4-3-5-7-16)19(31)14-36-23(33)25-9-17-8-18(10-25)12-26(35,11-17)15-25/h3-7,17-18,35H,2,8-15,27H2,1H3,(H,28,32,34)/t17-,18-,25?,26?/m1/s1. The van der Waals surface area contributed by atoms with Crippen molar-refractivity contribution < 1.29 is 19.4 Å². The molecule has 6 rings (SSSR count). The number of ether oxygens (including phenoxy) is 1. The molecule has 0 spiro atoms. The molecule has 4 aliphatic carbocycles. The average molecular weight is 497 g/mol. The number of nitrogens with zero attached hydrogens (tertiary/aromatic N) is 2. The maximum atomic E-state index is 13.2. The number of H-pyrrole nitrogens is 1. The molecule has 10 heteroatoms. The average Bonchev–Trinajstić information content (AvgIpc) is 2.81. The zero-order valence-electron chi connectivity index (χ0n) is 20.4. The van der Waals surface area contributed by atoms with E-state index in [-0.39, 0.29) is 24.6 Å². The van der Waals surface area contributed by atoms with Gasteiger partial charge in [0.25, 0.3) is 11.5 Å². The van der Waals surface area contributed by atoms with Crippen LogP contribution >= 0.6 is 0 Å². The molecule has 4 saturated carbocycles. The molecular weight excluding hydrogens is 464 g/mol. The predicted octanol–water partition coefficient (Wildman–Crippen LogP) is 1.39. The summed E-state index contributed by atoms with van der Waals surface area (Å²) in [4.78, 5) is 54.9. The van der Waals surface area contributed by atoms with Gasteiger partial charge in [0.2, 0.25) is 0 Å². The van der Waals surface area contributed by atoms with Gasteiger partial charge in [-0.3, -0.25) is 23.9 Å². The Labute approximate surface area is 208 Å². The lowest BCUT2D eigenvalue weighted by molar-refractivity contribution is -0.196. The summed E-state index contributed by atoms with van der Waals surface area (Å²) in [7, 11) is 0. The van der Waals surface area contributed by atoms with Gasteiger partial charge >= 0.3 is 11.7 Å². The number of hydrogen-bond donors (Lipinski definition) is 3. The van der Waals surface area contributed by atoms with Crippen molar-refractivity contribution in [1.29, 1.82) is 0 Å². The Bertz CT molecular complexity index is 1290. The van der Waals surface area contributed by atoms with Crippen molar-refractivity contribution in [2.45, 2.75) is 57.6 Å². The van der Waals surface area contributed by atoms with Crippen molar-refractivity contribution in [1.82, 2.24) is 9.55 Å². The number of esters is 1. The number of nitrogens with one attached hydrogen (secondary N) is 1. The van der Waals surface area contributed by atoms with Crippen LogP contribution in [0.4, 0.5) is 11.5 Å². The van der Waals surface area contributed by atoms with E-state index in [1.54, 1.807) is 6.92 Å². The molecule has 4 aliphatic rings. The third kappa shape index (κ3) is 4.23. The molecule has 192 valence electrons. The number of nitrogen functional groups attached to an aromatic ring is 1. The summed E-state index contributed by atoms with van der Waals surface area (Å²) in [6.45, 7) is 1.31. The van der Waals surface area contributed by atoms with E-state index in [4.69, 9.17) is 10.5 Å². The number of likely N-dealkylation sites (N-methyl/N-ethyl adjacent to an activating group) is 1. The van der Waals surface area contributed by atoms with Gasteiger partial charge < -0.3 is 20.5 Å². The first-order chi connectivity index (χ1) is 17.1. The molecule has 10 nitrogen and oxygen atoms in total. The Kier molecular flexibility index (Phi) is 6.02. The minimum absolute atomic E-state index is 0.0856. The van der Waals surface area contributed by atoms with Crippen LogP contribution in [-0.2, 0) is 20.9 Å². The van der Waals surface area contributed by atoms with Crippen LogP contribution < -0.4 is 21.9 Å². The van der Waals surface area contributed by atoms with Gasteiger partial charge in [0.1, 0.15) is 5.82 Å². The molecule has 2 aromatic rings. The van der Waals surface area contributed by atoms with Crippen molar-refractivity contribution in [2.24, 2.45) is 17.3 Å². The second-order valence-electron chi connectivity index (χ2n) is 10.7. The highest BCUT2D eigenvalue weighted by Gasteiger charge is 2.61. The molecule has 0 radical (unpaired) electrons. The number of benzene rings is 1. The third-order valence-corrected chi connectivity index (χ3v) is 8.07. The Morgan fingerprint density at radius 1 is 1.17 bits per heavy atom. The first-order valence-electron chi connectivity index (χ1n) is 12.5. The van der Waals surface area contributed by atoms with Crippen LogP contribution in [0, 0.1) is 17.3 Å². The smallest absolute Gasteiger partial charge is 0.330 e. The van der Waals surface area contributed by atoms with E-state index in [0.29, 0.717) is 31.1 Å². The van der Waals surface area contributed by atoms with Gasteiger partial charge in [0, 0.05) is 6.54 Å². The van der Waals surface area contributed by atoms with Crippen LogP contribution in [-0.4, -0.2) is 45.3 Å². The number of amides is 1. The number of anilines is 2. The van der Waals surface area contributed by atoms with Crippen molar-refractivity contribution >= 4 is 23.4 Å². The highest BCUT2D eigenvalue weighted by molar-refractivity contribution is 5.97. The SMILES string of the molecule is CCN(C(=O)COC(=O)C12C[C@H]3C[C@@H](CC(O)(C3)C1)C2)c1c(N)n(Cc2ccccc2)c(=O)[nH]c1=O. The molecule has 4 N–H and O–H groups in total. The normalized spacial score (nSPS) is 28.2. The second kappa shape index (κ2) is 8.92. The van der Waals surface area contributed by atoms with E-state index in [1.165, 1.54) is 4.57 Å². The highest BCUT2D eigenvalue weighted by Crippen LogP contribution is 2.61. The van der Waals surface area contributed by atoms with Gasteiger partial charge in [0.15, 0.2) is 12.3 Å². The topological polar surface area (TPSA) is 148 Å². The lowest BCUT2D eigenvalue weighted by Gasteiger charge is -2.58. The third-order valence-electron chi connectivity index (χ3n) is 8.07. The fraction of sp³-hybridized carbons (Fsp3) is 0.538. The van der Waals surface area contributed by atoms with E-state index in [2.05, 4.69) is 4.98 Å². The van der Waals surface area contributed by atoms with Gasteiger partial charge in [-0.05, 0) is 62.8 Å². The largest absolute Gasteiger partial charge is 0.455 e. The van der Waals surface area contributed by atoms with Gasteiger partial charge in [-0.2, -0.15) is 0 Å². The number of aromatic nitrogens is 2. The van der Waals surface area contributed by atoms with Gasteiger partial charge in [-0.1, -0.05) is 30.3 Å². The minimum atomic E-state index is -0.823. The van der Waals surface area contributed by atoms with E-state index >= 15 is 0 Å². The molecular formula is C26H32N4O6. The fourth-order valence-electron chi connectivity index (χ4n) is 7.03. The number of aliphatic hydroxyl groups is 1. The van der Waals surface area contributed by atoms with E-state index < -0.39 is 40.7 Å². The summed E-state index contributed by atoms with van der Waals surface area (Å²) in [6.07, 6.45) is 4.19. The highest BCUT2D eigenvalue weighted by atomic mass is 16.5. The maximum absolute atomic E-state index is 13.2. The lowest BCUT2D eigenvalue weighted by atomic mass is 9.48. The molecule has 1 amide bonds. The molecule has 1 heterocycles. The number of hydrogen-bond acceptors (Lipinski definition) is 7. The number of nitrogens with two attached hydrogens (primary N) is 1. The molecule has 2 atom stereocenters. The monoisotopic (exact) mass is 496 g/mol. The zero-order valence-corrected chi connectivity index (χ0v) is 20.4. The van der Waals surface area contributed by atoms with Gasteiger partial charge in [-0.25, -0.2) is 4.79 Å². The van der Waals surface area contributed by atoms with E-state index in [1.807, 2.05) is 30.3 Å². The number of rotatable bonds is 7. The van der Waals surface area contributed by atoms with Crippen LogP contribution in [0.25, 0.3) is 0 Å². The van der Waals surface area contributed by atoms with Crippen molar-refractivity contribution in [3.05, 3.63) is 56.7 Å². The molecule has 1 aromatic heterocycles. The quantitative estimate of drug-likeness (QED) is 0.491. The molecule has 0 aliphatic heterocycles. The summed E-state index contributed by atoms with van der Waals surface area (Å²) in [6, 6.07) is 9.12. The number of carbonyl (C=O) groups excluding carboxylic acids is 2. The molecule has 36 heavy (non-hydrogen) atoms. The molecule has 4 fully saturated rings. The predicted molar refractivity (Wildman–Crippen MR) is 132 cm³/mol. The summed E-state index contributed by atoms with van der Waals surface area (Å²) in [5.74, 6) is -0.615. The van der Waals surface area contributed by atoms with Crippen LogP contribution in [0.2, 0.25) is 0 Å². The molecule has 0 saturated heterocycles. The zero-order chi connectivity index (χ0) is 25.7. The van der Waals surface area contributed by atoms with Gasteiger partial charge in [-0.15, -0.1) is 0 Å². The Morgan fingerprint density at radius 3 is 2.44 bits per heavy atom. The summed E-state index contributed by atoms with van der Waals surface area (Å²) >= 11 is 0. The van der Waals surface area contributed by atoms with Crippen LogP contribution in [0.1, 0.15) is 51.0 Å². The second-order valence-corrected chi connectivity index (χ2v) is 10.7. The number of aromatic amines is 1. The summed E-state index contributed by atoms with van der Waals surface area (Å²) < 4.78 is 6.70. The summed E-state index contributed by atoms with van der Waals surface area (Å²) in [5.41, 5.74) is 3.83. The Morgan fingerprint density at radius 2 is 1.83 bits per heavy atom. The van der Waals surface area contributed by atoms with Crippen molar-refractivity contribution in [3.63, 3.8) is 0 Å². The number of carbonyl (C=O) groups is 2. The van der Waals surface area contributed by atoms with E-state index in [9.17, 15) is 24.3 Å². The van der Waals surface area contributed by atoms with Crippen LogP contribution in [0.15, 0.2) is 39.9 Å². The Balaban J connectivity index is 1.34. The molecule has 4 bridgehead atoms.